The molecule has 1 fully saturated rings. The van der Waals surface area contributed by atoms with Crippen LogP contribution in [0.3, 0.4) is 0 Å². The summed E-state index contributed by atoms with van der Waals surface area (Å²) in [6.07, 6.45) is 5.25. The fraction of sp³-hybridized carbons (Fsp3) is 0.562. The Morgan fingerprint density at radius 3 is 2.65 bits per heavy atom. The van der Waals surface area contributed by atoms with Gasteiger partial charge in [-0.25, -0.2) is 4.39 Å². The van der Waals surface area contributed by atoms with Crippen LogP contribution in [-0.2, 0) is 0 Å². The third-order valence-corrected chi connectivity index (χ3v) is 4.31. The van der Waals surface area contributed by atoms with Crippen molar-refractivity contribution in [3.8, 4) is 0 Å². The van der Waals surface area contributed by atoms with Gasteiger partial charge in [-0.3, -0.25) is 4.79 Å². The van der Waals surface area contributed by atoms with Crippen LogP contribution in [0.25, 0.3) is 0 Å². The number of amides is 1. The highest BCUT2D eigenvalue weighted by Crippen LogP contribution is 2.35. The number of rotatable bonds is 4. The molecule has 0 saturated heterocycles. The van der Waals surface area contributed by atoms with E-state index in [-0.39, 0.29) is 23.7 Å². The largest absolute Gasteiger partial charge is 0.396 e. The van der Waals surface area contributed by atoms with Crippen molar-refractivity contribution in [3.63, 3.8) is 0 Å². The van der Waals surface area contributed by atoms with E-state index in [0.717, 1.165) is 25.7 Å². The summed E-state index contributed by atoms with van der Waals surface area (Å²) in [7, 11) is 0. The van der Waals surface area contributed by atoms with Gasteiger partial charge < -0.3 is 10.4 Å². The molecule has 0 radical (unpaired) electrons. The highest BCUT2D eigenvalue weighted by atomic mass is 19.1. The lowest BCUT2D eigenvalue weighted by atomic mass is 9.74. The third kappa shape index (κ3) is 3.37. The van der Waals surface area contributed by atoms with E-state index < -0.39 is 0 Å². The lowest BCUT2D eigenvalue weighted by molar-refractivity contribution is 0.0718. The summed E-state index contributed by atoms with van der Waals surface area (Å²) < 4.78 is 13.5. The van der Waals surface area contributed by atoms with Gasteiger partial charge >= 0.3 is 0 Å². The first-order chi connectivity index (χ1) is 9.56. The fourth-order valence-corrected chi connectivity index (χ4v) is 2.80. The molecule has 3 nitrogen and oxygen atoms in total. The molecule has 0 aromatic heterocycles. The van der Waals surface area contributed by atoms with Crippen molar-refractivity contribution in [3.05, 3.63) is 35.1 Å². The van der Waals surface area contributed by atoms with Crippen molar-refractivity contribution in [2.24, 2.45) is 5.41 Å². The molecule has 1 aromatic rings. The first kappa shape index (κ1) is 15.0. The Bertz CT molecular complexity index is 481. The number of carbonyl (C=O) groups excluding carboxylic acids is 1. The number of benzene rings is 1. The summed E-state index contributed by atoms with van der Waals surface area (Å²) in [6, 6.07) is 4.49. The molecule has 0 bridgehead atoms. The Morgan fingerprint density at radius 1 is 1.35 bits per heavy atom. The molecule has 0 spiro atoms. The Morgan fingerprint density at radius 2 is 2.05 bits per heavy atom. The predicted molar refractivity (Wildman–Crippen MR) is 76.1 cm³/mol. The van der Waals surface area contributed by atoms with Gasteiger partial charge in [0.05, 0.1) is 6.61 Å². The molecule has 1 amide bonds. The maximum atomic E-state index is 13.5. The molecule has 1 aromatic carbocycles. The fourth-order valence-electron chi connectivity index (χ4n) is 2.80. The Kier molecular flexibility index (Phi) is 4.76. The standard InChI is InChI=1S/C16H22FNO2/c1-12-5-6-13(9-14(12)17)15(20)18-10-16(11-19)7-3-2-4-8-16/h5-6,9,19H,2-4,7-8,10-11H2,1H3,(H,18,20). The zero-order valence-electron chi connectivity index (χ0n) is 11.9. The second-order valence-electron chi connectivity index (χ2n) is 5.87. The van der Waals surface area contributed by atoms with E-state index in [9.17, 15) is 14.3 Å². The number of hydrogen-bond acceptors (Lipinski definition) is 2. The molecule has 0 unspecified atom stereocenters. The average molecular weight is 279 g/mol. The lowest BCUT2D eigenvalue weighted by Crippen LogP contribution is -2.41. The molecule has 1 saturated carbocycles. The minimum atomic E-state index is -0.368. The molecule has 20 heavy (non-hydrogen) atoms. The second-order valence-corrected chi connectivity index (χ2v) is 5.87. The van der Waals surface area contributed by atoms with E-state index in [1.54, 1.807) is 19.1 Å². The van der Waals surface area contributed by atoms with Crippen molar-refractivity contribution < 1.29 is 14.3 Å². The molecule has 2 rings (SSSR count). The van der Waals surface area contributed by atoms with Gasteiger partial charge in [0, 0.05) is 17.5 Å². The van der Waals surface area contributed by atoms with Crippen molar-refractivity contribution in [2.75, 3.05) is 13.2 Å². The van der Waals surface area contributed by atoms with Gasteiger partial charge in [0.2, 0.25) is 0 Å². The highest BCUT2D eigenvalue weighted by Gasteiger charge is 2.31. The number of carbonyl (C=O) groups is 1. The molecule has 110 valence electrons. The van der Waals surface area contributed by atoms with Gasteiger partial charge in [0.15, 0.2) is 0 Å². The maximum Gasteiger partial charge on any atom is 0.251 e. The van der Waals surface area contributed by atoms with E-state index in [1.807, 2.05) is 0 Å². The van der Waals surface area contributed by atoms with Crippen LogP contribution in [0.15, 0.2) is 18.2 Å². The number of halogens is 1. The van der Waals surface area contributed by atoms with Gasteiger partial charge in [0.1, 0.15) is 5.82 Å². The third-order valence-electron chi connectivity index (χ3n) is 4.31. The van der Waals surface area contributed by atoms with Gasteiger partial charge in [0.25, 0.3) is 5.91 Å². The van der Waals surface area contributed by atoms with Crippen LogP contribution in [0.1, 0.15) is 48.0 Å². The van der Waals surface area contributed by atoms with Gasteiger partial charge in [-0.05, 0) is 37.5 Å². The molecule has 1 aliphatic rings. The number of aliphatic hydroxyl groups excluding tert-OH is 1. The summed E-state index contributed by atoms with van der Waals surface area (Å²) in [6.45, 7) is 2.22. The number of aryl methyl sites for hydroxylation is 1. The van der Waals surface area contributed by atoms with Crippen LogP contribution in [0.2, 0.25) is 0 Å². The van der Waals surface area contributed by atoms with Gasteiger partial charge in [-0.1, -0.05) is 25.3 Å². The van der Waals surface area contributed by atoms with Crippen molar-refractivity contribution in [1.82, 2.24) is 5.32 Å². The quantitative estimate of drug-likeness (QED) is 0.890. The molecular weight excluding hydrogens is 257 g/mol. The first-order valence-electron chi connectivity index (χ1n) is 7.22. The zero-order chi connectivity index (χ0) is 14.6. The van der Waals surface area contributed by atoms with Crippen molar-refractivity contribution in [1.29, 1.82) is 0 Å². The normalized spacial score (nSPS) is 17.8. The van der Waals surface area contributed by atoms with Crippen molar-refractivity contribution in [2.45, 2.75) is 39.0 Å². The number of hydrogen-bond donors (Lipinski definition) is 2. The summed E-state index contributed by atoms with van der Waals surface area (Å²) >= 11 is 0. The van der Waals surface area contributed by atoms with E-state index in [2.05, 4.69) is 5.32 Å². The number of aliphatic hydroxyl groups is 1. The molecule has 4 heteroatoms. The van der Waals surface area contributed by atoms with Crippen molar-refractivity contribution >= 4 is 5.91 Å². The Labute approximate surface area is 119 Å². The van der Waals surface area contributed by atoms with Gasteiger partial charge in [-0.2, -0.15) is 0 Å². The molecule has 0 heterocycles. The van der Waals surface area contributed by atoms with Crippen LogP contribution in [0, 0.1) is 18.2 Å². The average Bonchev–Trinajstić information content (AvgIpc) is 2.48. The first-order valence-corrected chi connectivity index (χ1v) is 7.22. The summed E-state index contributed by atoms with van der Waals surface area (Å²) in [5.41, 5.74) is 0.662. The zero-order valence-corrected chi connectivity index (χ0v) is 11.9. The van der Waals surface area contributed by atoms with Gasteiger partial charge in [-0.15, -0.1) is 0 Å². The minimum absolute atomic E-state index is 0.0928. The van der Waals surface area contributed by atoms with Crippen LogP contribution >= 0.6 is 0 Å². The van der Waals surface area contributed by atoms with Crippen LogP contribution < -0.4 is 5.32 Å². The molecule has 0 aliphatic heterocycles. The topological polar surface area (TPSA) is 49.3 Å². The lowest BCUT2D eigenvalue weighted by Gasteiger charge is -2.35. The summed E-state index contributed by atoms with van der Waals surface area (Å²) in [4.78, 5) is 12.0. The summed E-state index contributed by atoms with van der Waals surface area (Å²) in [5, 5.41) is 12.4. The summed E-state index contributed by atoms with van der Waals surface area (Å²) in [5.74, 6) is -0.644. The molecule has 1 aliphatic carbocycles. The molecule has 0 atom stereocenters. The van der Waals surface area contributed by atoms with Crippen LogP contribution in [0.4, 0.5) is 4.39 Å². The number of nitrogens with one attached hydrogen (secondary N) is 1. The smallest absolute Gasteiger partial charge is 0.251 e. The monoisotopic (exact) mass is 279 g/mol. The Balaban J connectivity index is 1.98. The Hall–Kier alpha value is -1.42. The molecule has 2 N–H and O–H groups in total. The highest BCUT2D eigenvalue weighted by molar-refractivity contribution is 5.94. The van der Waals surface area contributed by atoms with E-state index in [1.165, 1.54) is 12.5 Å². The second kappa shape index (κ2) is 6.35. The van der Waals surface area contributed by atoms with E-state index >= 15 is 0 Å². The SMILES string of the molecule is Cc1ccc(C(=O)NCC2(CO)CCCCC2)cc1F. The predicted octanol–water partition coefficient (Wildman–Crippen LogP) is 2.81. The molecular formula is C16H22FNO2. The van der Waals surface area contributed by atoms with Crippen LogP contribution in [0.5, 0.6) is 0 Å². The van der Waals surface area contributed by atoms with E-state index in [4.69, 9.17) is 0 Å². The maximum absolute atomic E-state index is 13.5. The van der Waals surface area contributed by atoms with E-state index in [0.29, 0.717) is 17.7 Å². The minimum Gasteiger partial charge on any atom is -0.396 e. The van der Waals surface area contributed by atoms with Crippen LogP contribution in [-0.4, -0.2) is 24.2 Å².